The molecule has 1 aliphatic rings. The highest BCUT2D eigenvalue weighted by atomic mass is 16.5. The van der Waals surface area contributed by atoms with E-state index in [1.54, 1.807) is 0 Å². The van der Waals surface area contributed by atoms with Crippen LogP contribution in [0.5, 0.6) is 11.5 Å². The van der Waals surface area contributed by atoms with Crippen LogP contribution in [0.3, 0.4) is 0 Å². The van der Waals surface area contributed by atoms with Crippen molar-refractivity contribution < 1.29 is 4.74 Å². The molecule has 0 amide bonds. The molecule has 1 aliphatic heterocycles. The predicted molar refractivity (Wildman–Crippen MR) is 217 cm³/mol. The molecule has 0 radical (unpaired) electrons. The number of ether oxygens (including phenoxy) is 1. The molecule has 54 heavy (non-hydrogen) atoms. The summed E-state index contributed by atoms with van der Waals surface area (Å²) in [6.45, 7) is 0. The number of rotatable bonds is 6. The van der Waals surface area contributed by atoms with Crippen LogP contribution in [0.4, 0.5) is 0 Å². The first-order valence-electron chi connectivity index (χ1n) is 18.2. The van der Waals surface area contributed by atoms with Gasteiger partial charge in [-0.3, -0.25) is 0 Å². The summed E-state index contributed by atoms with van der Waals surface area (Å²) in [5.74, 6) is 3.59. The van der Waals surface area contributed by atoms with Gasteiger partial charge in [0.05, 0.1) is 5.41 Å². The highest BCUT2D eigenvalue weighted by Crippen LogP contribution is 2.56. The maximum Gasteiger partial charge on any atom is 0.164 e. The van der Waals surface area contributed by atoms with E-state index < -0.39 is 5.41 Å². The van der Waals surface area contributed by atoms with Crippen molar-refractivity contribution in [1.29, 1.82) is 0 Å². The van der Waals surface area contributed by atoms with E-state index in [4.69, 9.17) is 19.7 Å². The Balaban J connectivity index is 1.20. The zero-order chi connectivity index (χ0) is 35.9. The third-order valence-electron chi connectivity index (χ3n) is 10.5. The Labute approximate surface area is 314 Å². The fourth-order valence-electron chi connectivity index (χ4n) is 8.09. The highest BCUT2D eigenvalue weighted by Gasteiger charge is 2.46. The minimum atomic E-state index is -0.658. The normalized spacial score (nSPS) is 12.7. The Kier molecular flexibility index (Phi) is 7.66. The molecule has 0 bridgehead atoms. The van der Waals surface area contributed by atoms with Crippen LogP contribution in [0.25, 0.3) is 56.1 Å². The molecule has 0 unspecified atom stereocenters. The maximum atomic E-state index is 6.60. The van der Waals surface area contributed by atoms with Gasteiger partial charge < -0.3 is 4.74 Å². The van der Waals surface area contributed by atoms with Gasteiger partial charge in [-0.25, -0.2) is 15.0 Å². The van der Waals surface area contributed by atoms with E-state index >= 15 is 0 Å². The number of nitrogens with zero attached hydrogens (tertiary/aromatic N) is 3. The second-order valence-electron chi connectivity index (χ2n) is 13.5. The SMILES string of the molecule is c1ccc(-c2nc(-c3cccc(-c4ccccc4C4(c5ccccc5)c5ccccc5Oc5ccccc54)c3)nc(-c3cccc4ccccc34)n2)cc1. The molecule has 0 N–H and O–H groups in total. The van der Waals surface area contributed by atoms with Gasteiger partial charge in [0, 0.05) is 27.8 Å². The number of fused-ring (bicyclic) bond motifs is 3. The molecule has 9 aromatic rings. The van der Waals surface area contributed by atoms with Gasteiger partial charge in [-0.2, -0.15) is 0 Å². The van der Waals surface area contributed by atoms with Gasteiger partial charge in [0.2, 0.25) is 0 Å². The van der Waals surface area contributed by atoms with Crippen LogP contribution in [0.2, 0.25) is 0 Å². The van der Waals surface area contributed by atoms with Crippen LogP contribution in [-0.4, -0.2) is 15.0 Å². The Morgan fingerprint density at radius 1 is 0.352 bits per heavy atom. The minimum absolute atomic E-state index is 0.616. The van der Waals surface area contributed by atoms with E-state index in [-0.39, 0.29) is 0 Å². The summed E-state index contributed by atoms with van der Waals surface area (Å²) in [5, 5.41) is 2.24. The average Bonchev–Trinajstić information content (AvgIpc) is 3.26. The zero-order valence-corrected chi connectivity index (χ0v) is 29.3. The molecule has 0 saturated carbocycles. The fraction of sp³-hybridized carbons (Fsp3) is 0.0200. The van der Waals surface area contributed by atoms with Crippen molar-refractivity contribution in [2.24, 2.45) is 0 Å². The summed E-state index contributed by atoms with van der Waals surface area (Å²) >= 11 is 0. The van der Waals surface area contributed by atoms with Gasteiger partial charge in [0.25, 0.3) is 0 Å². The largest absolute Gasteiger partial charge is 0.457 e. The number of hydrogen-bond donors (Lipinski definition) is 0. The average molecular weight is 692 g/mol. The molecule has 254 valence electrons. The first-order chi connectivity index (χ1) is 26.8. The van der Waals surface area contributed by atoms with Gasteiger partial charge in [-0.15, -0.1) is 0 Å². The summed E-state index contributed by atoms with van der Waals surface area (Å²) in [7, 11) is 0. The molecule has 0 fully saturated rings. The molecule has 0 aliphatic carbocycles. The molecule has 1 aromatic heterocycles. The summed E-state index contributed by atoms with van der Waals surface area (Å²) < 4.78 is 6.60. The van der Waals surface area contributed by atoms with E-state index in [1.165, 1.54) is 5.56 Å². The van der Waals surface area contributed by atoms with E-state index in [1.807, 2.05) is 42.5 Å². The van der Waals surface area contributed by atoms with Crippen molar-refractivity contribution in [3.8, 4) is 56.8 Å². The van der Waals surface area contributed by atoms with Crippen LogP contribution >= 0.6 is 0 Å². The monoisotopic (exact) mass is 691 g/mol. The van der Waals surface area contributed by atoms with Gasteiger partial charge >= 0.3 is 0 Å². The first-order valence-corrected chi connectivity index (χ1v) is 18.2. The van der Waals surface area contributed by atoms with Crippen molar-refractivity contribution in [2.75, 3.05) is 0 Å². The topological polar surface area (TPSA) is 47.9 Å². The molecule has 4 nitrogen and oxygen atoms in total. The lowest BCUT2D eigenvalue weighted by atomic mass is 9.62. The molecular formula is C50H33N3O. The summed E-state index contributed by atoms with van der Waals surface area (Å²) in [5.41, 5.74) is 8.86. The summed E-state index contributed by atoms with van der Waals surface area (Å²) in [6, 6.07) is 69.8. The van der Waals surface area contributed by atoms with E-state index in [2.05, 4.69) is 158 Å². The lowest BCUT2D eigenvalue weighted by Gasteiger charge is -2.42. The van der Waals surface area contributed by atoms with E-state index in [0.29, 0.717) is 17.5 Å². The number of aromatic nitrogens is 3. The molecule has 4 heteroatoms. The van der Waals surface area contributed by atoms with Crippen LogP contribution < -0.4 is 4.74 Å². The molecular weight excluding hydrogens is 659 g/mol. The lowest BCUT2D eigenvalue weighted by Crippen LogP contribution is -2.34. The van der Waals surface area contributed by atoms with E-state index in [0.717, 1.165) is 66.8 Å². The fourth-order valence-corrected chi connectivity index (χ4v) is 8.09. The molecule has 2 heterocycles. The van der Waals surface area contributed by atoms with Gasteiger partial charge in [-0.05, 0) is 51.2 Å². The van der Waals surface area contributed by atoms with Crippen molar-refractivity contribution in [1.82, 2.24) is 15.0 Å². The lowest BCUT2D eigenvalue weighted by molar-refractivity contribution is 0.434. The zero-order valence-electron chi connectivity index (χ0n) is 29.3. The smallest absolute Gasteiger partial charge is 0.164 e. The van der Waals surface area contributed by atoms with Crippen LogP contribution in [-0.2, 0) is 5.41 Å². The highest BCUT2D eigenvalue weighted by molar-refractivity contribution is 5.95. The van der Waals surface area contributed by atoms with Gasteiger partial charge in [0.1, 0.15) is 11.5 Å². The van der Waals surface area contributed by atoms with Gasteiger partial charge in [-0.1, -0.05) is 182 Å². The molecule has 0 atom stereocenters. The standard InChI is InChI=1S/C50H33N3O/c1-3-18-35(19-4-1)47-51-48(53-49(52-47)41-27-16-20-34-17-7-8-25-39(34)41)37-22-15-21-36(33-37)40-26-9-10-28-42(40)50(38-23-5-2-6-24-38)43-29-11-13-31-45(43)54-46-32-14-12-30-44(46)50/h1-33H. The predicted octanol–water partition coefficient (Wildman–Crippen LogP) is 12.2. The maximum absolute atomic E-state index is 6.60. The Morgan fingerprint density at radius 3 is 1.61 bits per heavy atom. The summed E-state index contributed by atoms with van der Waals surface area (Å²) in [6.07, 6.45) is 0. The van der Waals surface area contributed by atoms with Crippen molar-refractivity contribution in [3.05, 3.63) is 222 Å². The molecule has 0 spiro atoms. The molecule has 10 rings (SSSR count). The van der Waals surface area contributed by atoms with Crippen LogP contribution in [0, 0.1) is 0 Å². The number of hydrogen-bond acceptors (Lipinski definition) is 4. The number of benzene rings is 8. The minimum Gasteiger partial charge on any atom is -0.457 e. The van der Waals surface area contributed by atoms with Crippen LogP contribution in [0.15, 0.2) is 200 Å². The van der Waals surface area contributed by atoms with Crippen molar-refractivity contribution in [3.63, 3.8) is 0 Å². The Morgan fingerprint density at radius 2 is 0.852 bits per heavy atom. The van der Waals surface area contributed by atoms with Crippen molar-refractivity contribution >= 4 is 10.8 Å². The Hall–Kier alpha value is -7.17. The third-order valence-corrected chi connectivity index (χ3v) is 10.5. The summed E-state index contributed by atoms with van der Waals surface area (Å²) in [4.78, 5) is 15.3. The second kappa shape index (κ2) is 13.1. The molecule has 0 saturated heterocycles. The first kappa shape index (κ1) is 31.6. The second-order valence-corrected chi connectivity index (χ2v) is 13.5. The van der Waals surface area contributed by atoms with Gasteiger partial charge in [0.15, 0.2) is 17.5 Å². The molecule has 8 aromatic carbocycles. The quantitative estimate of drug-likeness (QED) is 0.174. The van der Waals surface area contributed by atoms with E-state index in [9.17, 15) is 0 Å². The third kappa shape index (κ3) is 5.19. The van der Waals surface area contributed by atoms with Crippen LogP contribution in [0.1, 0.15) is 22.3 Å². The Bertz CT molecular complexity index is 2760. The number of para-hydroxylation sites is 2. The van der Waals surface area contributed by atoms with Crippen molar-refractivity contribution in [2.45, 2.75) is 5.41 Å².